The monoisotopic (exact) mass is 253 g/mol. The maximum absolute atomic E-state index is 4.55. The van der Waals surface area contributed by atoms with Crippen LogP contribution in [-0.4, -0.2) is 33.8 Å². The van der Waals surface area contributed by atoms with Crippen LogP contribution in [0.25, 0.3) is 11.0 Å². The van der Waals surface area contributed by atoms with Crippen LogP contribution in [0.4, 0.5) is 5.95 Å². The van der Waals surface area contributed by atoms with E-state index in [0.717, 1.165) is 11.0 Å². The third kappa shape index (κ3) is 2.27. The van der Waals surface area contributed by atoms with E-state index >= 15 is 0 Å². The summed E-state index contributed by atoms with van der Waals surface area (Å²) < 4.78 is 1.90. The van der Waals surface area contributed by atoms with Crippen molar-refractivity contribution < 1.29 is 0 Å². The van der Waals surface area contributed by atoms with Crippen molar-refractivity contribution in [2.75, 3.05) is 19.0 Å². The topological polar surface area (TPSA) is 46.8 Å². The van der Waals surface area contributed by atoms with Crippen LogP contribution in [0, 0.1) is 0 Å². The molecule has 0 radical (unpaired) electrons. The second-order valence-electron chi connectivity index (χ2n) is 4.63. The smallest absolute Gasteiger partial charge is 0.226 e. The zero-order valence-corrected chi connectivity index (χ0v) is 11.0. The van der Waals surface area contributed by atoms with Crippen molar-refractivity contribution in [3.63, 3.8) is 0 Å². The Bertz CT molecular complexity index is 687. The maximum atomic E-state index is 4.55. The Morgan fingerprint density at radius 2 is 1.89 bits per heavy atom. The zero-order valence-electron chi connectivity index (χ0n) is 11.0. The third-order valence-corrected chi connectivity index (χ3v) is 2.94. The highest BCUT2D eigenvalue weighted by Crippen LogP contribution is 2.14. The molecule has 19 heavy (non-hydrogen) atoms. The van der Waals surface area contributed by atoms with Crippen LogP contribution in [0.3, 0.4) is 0 Å². The number of hydrogen-bond acceptors (Lipinski definition) is 4. The minimum Gasteiger partial charge on any atom is -0.347 e. The fraction of sp³-hybridized carbons (Fsp3) is 0.214. The maximum Gasteiger partial charge on any atom is 0.226 e. The Morgan fingerprint density at radius 1 is 1.11 bits per heavy atom. The van der Waals surface area contributed by atoms with Crippen molar-refractivity contribution in [2.45, 2.75) is 6.54 Å². The van der Waals surface area contributed by atoms with E-state index in [2.05, 4.69) is 27.2 Å². The number of rotatable bonds is 3. The van der Waals surface area contributed by atoms with Gasteiger partial charge < -0.3 is 4.90 Å². The van der Waals surface area contributed by atoms with Crippen molar-refractivity contribution in [1.82, 2.24) is 19.7 Å². The van der Waals surface area contributed by atoms with Crippen LogP contribution in [0.5, 0.6) is 0 Å². The van der Waals surface area contributed by atoms with Crippen molar-refractivity contribution in [2.24, 2.45) is 0 Å². The molecule has 0 aliphatic rings. The Morgan fingerprint density at radius 3 is 2.63 bits per heavy atom. The standard InChI is InChI=1S/C14H15N5/c1-18(2)14-15-8-12-9-16-19(13(12)17-14)10-11-6-4-3-5-7-11/h3-9H,10H2,1-2H3. The van der Waals surface area contributed by atoms with Gasteiger partial charge in [0.05, 0.1) is 18.1 Å². The highest BCUT2D eigenvalue weighted by Gasteiger charge is 2.08. The van der Waals surface area contributed by atoms with Gasteiger partial charge in [-0.3, -0.25) is 0 Å². The first-order chi connectivity index (χ1) is 9.24. The molecule has 0 fully saturated rings. The lowest BCUT2D eigenvalue weighted by molar-refractivity contribution is 0.703. The van der Waals surface area contributed by atoms with Gasteiger partial charge in [0.15, 0.2) is 5.65 Å². The third-order valence-electron chi connectivity index (χ3n) is 2.94. The summed E-state index contributed by atoms with van der Waals surface area (Å²) in [6, 6.07) is 10.2. The summed E-state index contributed by atoms with van der Waals surface area (Å²) in [5.74, 6) is 0.697. The molecule has 0 saturated carbocycles. The van der Waals surface area contributed by atoms with Crippen molar-refractivity contribution >= 4 is 17.0 Å². The molecule has 0 unspecified atom stereocenters. The highest BCUT2D eigenvalue weighted by molar-refractivity contribution is 5.74. The minimum absolute atomic E-state index is 0.697. The van der Waals surface area contributed by atoms with Crippen LogP contribution >= 0.6 is 0 Å². The summed E-state index contributed by atoms with van der Waals surface area (Å²) in [5, 5.41) is 5.35. The van der Waals surface area contributed by atoms with Gasteiger partial charge >= 0.3 is 0 Å². The van der Waals surface area contributed by atoms with Gasteiger partial charge in [0, 0.05) is 20.3 Å². The van der Waals surface area contributed by atoms with Gasteiger partial charge in [-0.25, -0.2) is 9.67 Å². The predicted octanol–water partition coefficient (Wildman–Crippen LogP) is 1.94. The molecular formula is C14H15N5. The molecular weight excluding hydrogens is 238 g/mol. The summed E-state index contributed by atoms with van der Waals surface area (Å²) in [5.41, 5.74) is 2.07. The van der Waals surface area contributed by atoms with Crippen LogP contribution in [0.2, 0.25) is 0 Å². The van der Waals surface area contributed by atoms with E-state index in [0.29, 0.717) is 12.5 Å². The summed E-state index contributed by atoms with van der Waals surface area (Å²) in [7, 11) is 3.86. The van der Waals surface area contributed by atoms with E-state index in [9.17, 15) is 0 Å². The summed E-state index contributed by atoms with van der Waals surface area (Å²) in [6.45, 7) is 0.716. The van der Waals surface area contributed by atoms with Gasteiger partial charge in [-0.05, 0) is 5.56 Å². The fourth-order valence-corrected chi connectivity index (χ4v) is 1.95. The molecule has 2 aromatic heterocycles. The average Bonchev–Trinajstić information content (AvgIpc) is 2.82. The first-order valence-electron chi connectivity index (χ1n) is 6.14. The van der Waals surface area contributed by atoms with Crippen molar-refractivity contribution in [3.8, 4) is 0 Å². The largest absolute Gasteiger partial charge is 0.347 e. The van der Waals surface area contributed by atoms with Crippen molar-refractivity contribution in [1.29, 1.82) is 0 Å². The Kier molecular flexibility index (Phi) is 2.87. The van der Waals surface area contributed by atoms with Gasteiger partial charge in [-0.1, -0.05) is 30.3 Å². The molecule has 0 bridgehead atoms. The molecule has 2 heterocycles. The second kappa shape index (κ2) is 4.68. The molecule has 0 amide bonds. The van der Waals surface area contributed by atoms with Crippen LogP contribution < -0.4 is 4.90 Å². The second-order valence-corrected chi connectivity index (χ2v) is 4.63. The number of hydrogen-bond donors (Lipinski definition) is 0. The van der Waals surface area contributed by atoms with E-state index in [1.807, 2.05) is 48.1 Å². The average molecular weight is 253 g/mol. The lowest BCUT2D eigenvalue weighted by Gasteiger charge is -2.09. The van der Waals surface area contributed by atoms with Gasteiger partial charge in [0.2, 0.25) is 5.95 Å². The van der Waals surface area contributed by atoms with Gasteiger partial charge in [0.1, 0.15) is 0 Å². The molecule has 0 aliphatic heterocycles. The quantitative estimate of drug-likeness (QED) is 0.715. The van der Waals surface area contributed by atoms with Gasteiger partial charge in [-0.2, -0.15) is 10.1 Å². The lowest BCUT2D eigenvalue weighted by atomic mass is 10.2. The van der Waals surface area contributed by atoms with E-state index in [1.165, 1.54) is 5.56 Å². The molecule has 5 heteroatoms. The fourth-order valence-electron chi connectivity index (χ4n) is 1.95. The number of benzene rings is 1. The Labute approximate surface area is 111 Å². The summed E-state index contributed by atoms with van der Waals surface area (Å²) in [4.78, 5) is 10.7. The molecule has 96 valence electrons. The highest BCUT2D eigenvalue weighted by atomic mass is 15.3. The first kappa shape index (κ1) is 11.6. The molecule has 3 aromatic rings. The lowest BCUT2D eigenvalue weighted by Crippen LogP contribution is -2.13. The van der Waals surface area contributed by atoms with E-state index in [-0.39, 0.29) is 0 Å². The molecule has 5 nitrogen and oxygen atoms in total. The number of aromatic nitrogens is 4. The molecule has 1 aromatic carbocycles. The molecule has 0 spiro atoms. The normalized spacial score (nSPS) is 10.8. The first-order valence-corrected chi connectivity index (χ1v) is 6.14. The van der Waals surface area contributed by atoms with E-state index < -0.39 is 0 Å². The number of fused-ring (bicyclic) bond motifs is 1. The van der Waals surface area contributed by atoms with Crippen molar-refractivity contribution in [3.05, 3.63) is 48.3 Å². The van der Waals surface area contributed by atoms with E-state index in [1.54, 1.807) is 6.20 Å². The number of nitrogens with zero attached hydrogens (tertiary/aromatic N) is 5. The SMILES string of the molecule is CN(C)c1ncc2cnn(Cc3ccccc3)c2n1. The molecule has 0 saturated heterocycles. The summed E-state index contributed by atoms with van der Waals surface area (Å²) in [6.07, 6.45) is 3.61. The number of anilines is 1. The molecule has 3 rings (SSSR count). The molecule has 0 aliphatic carbocycles. The molecule has 0 N–H and O–H groups in total. The van der Waals surface area contributed by atoms with Gasteiger partial charge in [0.25, 0.3) is 0 Å². The zero-order chi connectivity index (χ0) is 13.2. The van der Waals surface area contributed by atoms with Gasteiger partial charge in [-0.15, -0.1) is 0 Å². The van der Waals surface area contributed by atoms with Crippen LogP contribution in [-0.2, 0) is 6.54 Å². The summed E-state index contributed by atoms with van der Waals surface area (Å²) >= 11 is 0. The van der Waals surface area contributed by atoms with Crippen LogP contribution in [0.15, 0.2) is 42.7 Å². The Hall–Kier alpha value is -2.43. The predicted molar refractivity (Wildman–Crippen MR) is 75.2 cm³/mol. The minimum atomic E-state index is 0.697. The Balaban J connectivity index is 2.02. The molecule has 0 atom stereocenters. The van der Waals surface area contributed by atoms with E-state index in [4.69, 9.17) is 0 Å². The van der Waals surface area contributed by atoms with Crippen LogP contribution in [0.1, 0.15) is 5.56 Å².